The number of carbonyl (C=O) groups excluding carboxylic acids is 1. The number of hydrogen-bond donors (Lipinski definition) is 2. The molecule has 122 valence electrons. The lowest BCUT2D eigenvalue weighted by Crippen LogP contribution is -2.20. The fraction of sp³-hybridized carbons (Fsp3) is 0.176. The Bertz CT molecular complexity index is 813. The zero-order valence-electron chi connectivity index (χ0n) is 13.5. The normalized spacial score (nSPS) is 11.8. The Kier molecular flexibility index (Phi) is 4.51. The molecule has 7 heteroatoms. The van der Waals surface area contributed by atoms with Crippen LogP contribution in [0.25, 0.3) is 5.69 Å². The van der Waals surface area contributed by atoms with Crippen LogP contribution < -0.4 is 10.6 Å². The van der Waals surface area contributed by atoms with Crippen molar-refractivity contribution in [2.45, 2.75) is 13.0 Å². The number of para-hydroxylation sites is 1. The predicted octanol–water partition coefficient (Wildman–Crippen LogP) is 2.20. The van der Waals surface area contributed by atoms with E-state index in [2.05, 4.69) is 25.9 Å². The first-order valence-corrected chi connectivity index (χ1v) is 7.60. The molecule has 2 heterocycles. The molecule has 0 saturated carbocycles. The Labute approximate surface area is 139 Å². The number of nitrogens with zero attached hydrogens (tertiary/aromatic N) is 4. The van der Waals surface area contributed by atoms with Crippen molar-refractivity contribution < 1.29 is 4.79 Å². The Hall–Kier alpha value is -3.22. The van der Waals surface area contributed by atoms with Gasteiger partial charge in [0, 0.05) is 19.4 Å². The van der Waals surface area contributed by atoms with Gasteiger partial charge in [-0.3, -0.25) is 4.79 Å². The van der Waals surface area contributed by atoms with E-state index in [1.807, 2.05) is 48.1 Å². The van der Waals surface area contributed by atoms with Crippen molar-refractivity contribution in [3.05, 3.63) is 66.1 Å². The third kappa shape index (κ3) is 3.24. The van der Waals surface area contributed by atoms with Gasteiger partial charge in [-0.05, 0) is 36.8 Å². The van der Waals surface area contributed by atoms with Crippen LogP contribution in [0.5, 0.6) is 0 Å². The van der Waals surface area contributed by atoms with Crippen molar-refractivity contribution in [1.82, 2.24) is 25.3 Å². The van der Waals surface area contributed by atoms with Crippen LogP contribution in [-0.4, -0.2) is 32.9 Å². The first-order valence-electron chi connectivity index (χ1n) is 7.60. The van der Waals surface area contributed by atoms with Crippen LogP contribution in [0.1, 0.15) is 29.0 Å². The van der Waals surface area contributed by atoms with Crippen LogP contribution in [0, 0.1) is 0 Å². The van der Waals surface area contributed by atoms with Gasteiger partial charge in [0.2, 0.25) is 0 Å². The van der Waals surface area contributed by atoms with E-state index in [-0.39, 0.29) is 17.6 Å². The van der Waals surface area contributed by atoms with Crippen LogP contribution in [0.2, 0.25) is 0 Å². The lowest BCUT2D eigenvalue weighted by Gasteiger charge is -2.18. The molecule has 2 N–H and O–H groups in total. The first kappa shape index (κ1) is 15.7. The van der Waals surface area contributed by atoms with Crippen molar-refractivity contribution in [2.24, 2.45) is 0 Å². The number of carbonyl (C=O) groups is 1. The third-order valence-corrected chi connectivity index (χ3v) is 3.64. The minimum Gasteiger partial charge on any atom is -0.362 e. The summed E-state index contributed by atoms with van der Waals surface area (Å²) in [5.41, 5.74) is 2.36. The quantitative estimate of drug-likeness (QED) is 0.752. The maximum atomic E-state index is 11.5. The number of nitrogens with one attached hydrogen (secondary N) is 2. The Morgan fingerprint density at radius 2 is 1.96 bits per heavy atom. The van der Waals surface area contributed by atoms with Gasteiger partial charge >= 0.3 is 0 Å². The molecule has 0 spiro atoms. The first-order chi connectivity index (χ1) is 11.7. The highest BCUT2D eigenvalue weighted by atomic mass is 16.1. The summed E-state index contributed by atoms with van der Waals surface area (Å²) in [7, 11) is 1.56. The smallest absolute Gasteiger partial charge is 0.271 e. The molecule has 0 saturated heterocycles. The van der Waals surface area contributed by atoms with Crippen LogP contribution in [0.15, 0.2) is 54.9 Å². The van der Waals surface area contributed by atoms with Gasteiger partial charge in [-0.15, -0.1) is 10.2 Å². The molecule has 0 aliphatic carbocycles. The molecule has 1 amide bonds. The topological polar surface area (TPSA) is 84.7 Å². The number of anilines is 1. The molecule has 1 aromatic carbocycles. The molecule has 1 atom stereocenters. The Morgan fingerprint density at radius 3 is 2.62 bits per heavy atom. The van der Waals surface area contributed by atoms with Gasteiger partial charge in [0.05, 0.1) is 11.7 Å². The van der Waals surface area contributed by atoms with Crippen molar-refractivity contribution in [1.29, 1.82) is 0 Å². The summed E-state index contributed by atoms with van der Waals surface area (Å²) in [6.45, 7) is 2.04. The van der Waals surface area contributed by atoms with E-state index >= 15 is 0 Å². The van der Waals surface area contributed by atoms with Crippen LogP contribution >= 0.6 is 0 Å². The largest absolute Gasteiger partial charge is 0.362 e. The SMILES string of the molecule is CNC(=O)c1ccc(NC(C)c2ccccc2-n2cccn2)nn1. The maximum Gasteiger partial charge on any atom is 0.271 e. The molecule has 0 radical (unpaired) electrons. The Balaban J connectivity index is 1.81. The zero-order valence-corrected chi connectivity index (χ0v) is 13.5. The summed E-state index contributed by atoms with van der Waals surface area (Å²) >= 11 is 0. The number of hydrogen-bond acceptors (Lipinski definition) is 5. The van der Waals surface area contributed by atoms with E-state index in [0.717, 1.165) is 11.3 Å². The molecule has 7 nitrogen and oxygen atoms in total. The second-order valence-electron chi connectivity index (χ2n) is 5.26. The maximum absolute atomic E-state index is 11.5. The highest BCUT2D eigenvalue weighted by Gasteiger charge is 2.13. The molecule has 1 unspecified atom stereocenters. The second kappa shape index (κ2) is 6.91. The number of aromatic nitrogens is 4. The summed E-state index contributed by atoms with van der Waals surface area (Å²) in [6.07, 6.45) is 3.65. The lowest BCUT2D eigenvalue weighted by molar-refractivity contribution is 0.0957. The molecule has 0 aliphatic rings. The molecular formula is C17H18N6O. The average Bonchev–Trinajstić information content (AvgIpc) is 3.16. The zero-order chi connectivity index (χ0) is 16.9. The molecule has 0 fully saturated rings. The number of rotatable bonds is 5. The van der Waals surface area contributed by atoms with E-state index < -0.39 is 0 Å². The van der Waals surface area contributed by atoms with Gasteiger partial charge in [0.15, 0.2) is 5.69 Å². The fourth-order valence-electron chi connectivity index (χ4n) is 2.43. The molecule has 0 aliphatic heterocycles. The van der Waals surface area contributed by atoms with Gasteiger partial charge in [-0.1, -0.05) is 18.2 Å². The summed E-state index contributed by atoms with van der Waals surface area (Å²) in [6, 6.07) is 13.3. The van der Waals surface area contributed by atoms with Gasteiger partial charge in [0.25, 0.3) is 5.91 Å². The van der Waals surface area contributed by atoms with E-state index in [0.29, 0.717) is 5.82 Å². The second-order valence-corrected chi connectivity index (χ2v) is 5.26. The van der Waals surface area contributed by atoms with Crippen molar-refractivity contribution >= 4 is 11.7 Å². The monoisotopic (exact) mass is 322 g/mol. The number of benzene rings is 1. The predicted molar refractivity (Wildman–Crippen MR) is 91.0 cm³/mol. The standard InChI is InChI=1S/C17H18N6O/c1-12(20-16-9-8-14(21-22-16)17(24)18-2)13-6-3-4-7-15(13)23-11-5-10-19-23/h3-12H,1-2H3,(H,18,24)(H,20,22). The van der Waals surface area contributed by atoms with Crippen LogP contribution in [-0.2, 0) is 0 Å². The highest BCUT2D eigenvalue weighted by Crippen LogP contribution is 2.23. The highest BCUT2D eigenvalue weighted by molar-refractivity contribution is 5.91. The molecule has 3 rings (SSSR count). The van der Waals surface area contributed by atoms with E-state index in [9.17, 15) is 4.79 Å². The van der Waals surface area contributed by atoms with E-state index in [4.69, 9.17) is 0 Å². The summed E-state index contributed by atoms with van der Waals surface area (Å²) < 4.78 is 1.83. The molecule has 2 aromatic heterocycles. The minimum absolute atomic E-state index is 0.00875. The fourth-order valence-corrected chi connectivity index (χ4v) is 2.43. The minimum atomic E-state index is -0.258. The average molecular weight is 322 g/mol. The van der Waals surface area contributed by atoms with Crippen LogP contribution in [0.4, 0.5) is 5.82 Å². The summed E-state index contributed by atoms with van der Waals surface area (Å²) in [4.78, 5) is 11.5. The van der Waals surface area contributed by atoms with Gasteiger partial charge in [-0.25, -0.2) is 4.68 Å². The van der Waals surface area contributed by atoms with E-state index in [1.165, 1.54) is 0 Å². The van der Waals surface area contributed by atoms with Gasteiger partial charge < -0.3 is 10.6 Å². The third-order valence-electron chi connectivity index (χ3n) is 3.64. The van der Waals surface area contributed by atoms with Crippen molar-refractivity contribution in [3.8, 4) is 5.69 Å². The number of amides is 1. The van der Waals surface area contributed by atoms with Gasteiger partial charge in [-0.2, -0.15) is 5.10 Å². The summed E-state index contributed by atoms with van der Waals surface area (Å²) in [5.74, 6) is 0.344. The molecule has 3 aromatic rings. The molecular weight excluding hydrogens is 304 g/mol. The summed E-state index contributed by atoms with van der Waals surface area (Å²) in [5, 5.41) is 18.1. The van der Waals surface area contributed by atoms with Crippen molar-refractivity contribution in [3.63, 3.8) is 0 Å². The van der Waals surface area contributed by atoms with Crippen LogP contribution in [0.3, 0.4) is 0 Å². The lowest BCUT2D eigenvalue weighted by atomic mass is 10.1. The molecule has 24 heavy (non-hydrogen) atoms. The van der Waals surface area contributed by atoms with Gasteiger partial charge in [0.1, 0.15) is 5.82 Å². The Morgan fingerprint density at radius 1 is 1.12 bits per heavy atom. The van der Waals surface area contributed by atoms with E-state index in [1.54, 1.807) is 25.4 Å². The molecule has 0 bridgehead atoms. The van der Waals surface area contributed by atoms with Crippen molar-refractivity contribution in [2.75, 3.05) is 12.4 Å².